The van der Waals surface area contributed by atoms with Crippen LogP contribution >= 0.6 is 0 Å². The Hall–Kier alpha value is -0.820. The summed E-state index contributed by atoms with van der Waals surface area (Å²) in [6.45, 7) is 12.6. The molecule has 1 aliphatic rings. The van der Waals surface area contributed by atoms with E-state index in [0.29, 0.717) is 6.04 Å². The van der Waals surface area contributed by atoms with Gasteiger partial charge >= 0.3 is 0 Å². The summed E-state index contributed by atoms with van der Waals surface area (Å²) in [4.78, 5) is 0. The normalized spacial score (nSPS) is 28.4. The number of nitrogens with one attached hydrogen (secondary N) is 1. The molecule has 0 heterocycles. The Bertz CT molecular complexity index is 427. The fourth-order valence-corrected chi connectivity index (χ4v) is 4.13. The molecule has 0 amide bonds. The van der Waals surface area contributed by atoms with E-state index in [4.69, 9.17) is 0 Å². The zero-order chi connectivity index (χ0) is 14.7. The van der Waals surface area contributed by atoms with E-state index in [1.54, 1.807) is 0 Å². The monoisotopic (exact) mass is 273 g/mol. The lowest BCUT2D eigenvalue weighted by Gasteiger charge is -2.37. The van der Waals surface area contributed by atoms with E-state index < -0.39 is 0 Å². The van der Waals surface area contributed by atoms with Crippen molar-refractivity contribution in [2.45, 2.75) is 59.9 Å². The summed E-state index contributed by atoms with van der Waals surface area (Å²) in [5, 5.41) is 3.78. The summed E-state index contributed by atoms with van der Waals surface area (Å²) >= 11 is 0. The summed E-state index contributed by atoms with van der Waals surface area (Å²) in [7, 11) is 0. The molecule has 1 aromatic rings. The smallest absolute Gasteiger partial charge is 0.0351 e. The third kappa shape index (κ3) is 3.63. The summed E-state index contributed by atoms with van der Waals surface area (Å²) < 4.78 is 0. The van der Waals surface area contributed by atoms with Crippen LogP contribution in [-0.4, -0.2) is 6.54 Å². The molecule has 0 saturated heterocycles. The van der Waals surface area contributed by atoms with Crippen molar-refractivity contribution >= 4 is 0 Å². The molecule has 0 aromatic heterocycles. The van der Waals surface area contributed by atoms with Gasteiger partial charge in [0.2, 0.25) is 0 Å². The van der Waals surface area contributed by atoms with Crippen LogP contribution in [0.15, 0.2) is 18.2 Å². The van der Waals surface area contributed by atoms with Crippen molar-refractivity contribution in [3.63, 3.8) is 0 Å². The average molecular weight is 273 g/mol. The Morgan fingerprint density at radius 3 is 2.35 bits per heavy atom. The van der Waals surface area contributed by atoms with Gasteiger partial charge in [-0.2, -0.15) is 0 Å². The lowest BCUT2D eigenvalue weighted by atomic mass is 9.72. The van der Waals surface area contributed by atoms with Crippen LogP contribution < -0.4 is 5.32 Å². The summed E-state index contributed by atoms with van der Waals surface area (Å²) in [6, 6.07) is 7.44. The molecule has 3 unspecified atom stereocenters. The SMILES string of the molecule is CCNC(c1cc(C)ccc1C)C1CC(C)CC(C)C1. The molecule has 112 valence electrons. The first-order valence-electron chi connectivity index (χ1n) is 8.31. The van der Waals surface area contributed by atoms with Gasteiger partial charge in [0.05, 0.1) is 0 Å². The Balaban J connectivity index is 2.28. The van der Waals surface area contributed by atoms with Crippen molar-refractivity contribution in [2.24, 2.45) is 17.8 Å². The van der Waals surface area contributed by atoms with Gasteiger partial charge < -0.3 is 5.32 Å². The quantitative estimate of drug-likeness (QED) is 0.811. The van der Waals surface area contributed by atoms with Crippen LogP contribution in [0.2, 0.25) is 0 Å². The number of rotatable bonds is 4. The molecule has 2 rings (SSSR count). The zero-order valence-electron chi connectivity index (χ0n) is 13.9. The van der Waals surface area contributed by atoms with Crippen LogP contribution in [0.3, 0.4) is 0 Å². The van der Waals surface area contributed by atoms with Crippen LogP contribution in [0, 0.1) is 31.6 Å². The average Bonchev–Trinajstić information content (AvgIpc) is 2.38. The third-order valence-electron chi connectivity index (χ3n) is 4.88. The van der Waals surface area contributed by atoms with Gasteiger partial charge in [0.1, 0.15) is 0 Å². The van der Waals surface area contributed by atoms with E-state index in [9.17, 15) is 0 Å². The first kappa shape index (κ1) is 15.6. The number of hydrogen-bond donors (Lipinski definition) is 1. The third-order valence-corrected chi connectivity index (χ3v) is 4.88. The van der Waals surface area contributed by atoms with E-state index in [2.05, 4.69) is 58.1 Å². The second-order valence-corrected chi connectivity index (χ2v) is 7.07. The maximum absolute atomic E-state index is 3.78. The predicted octanol–water partition coefficient (Wildman–Crippen LogP) is 5.03. The molecule has 1 saturated carbocycles. The second-order valence-electron chi connectivity index (χ2n) is 7.07. The number of hydrogen-bond acceptors (Lipinski definition) is 1. The highest BCUT2D eigenvalue weighted by atomic mass is 14.9. The van der Waals surface area contributed by atoms with Gasteiger partial charge in [0.15, 0.2) is 0 Å². The number of aryl methyl sites for hydroxylation is 2. The molecule has 0 radical (unpaired) electrons. The van der Waals surface area contributed by atoms with E-state index in [1.807, 2.05) is 0 Å². The Morgan fingerprint density at radius 2 is 1.75 bits per heavy atom. The fraction of sp³-hybridized carbons (Fsp3) is 0.684. The summed E-state index contributed by atoms with van der Waals surface area (Å²) in [6.07, 6.45) is 4.15. The van der Waals surface area contributed by atoms with Crippen molar-refractivity contribution in [3.05, 3.63) is 34.9 Å². The Labute approximate surface area is 125 Å². The minimum Gasteiger partial charge on any atom is -0.310 e. The van der Waals surface area contributed by atoms with E-state index in [1.165, 1.54) is 36.0 Å². The molecule has 1 heteroatoms. The highest BCUT2D eigenvalue weighted by Crippen LogP contribution is 2.40. The largest absolute Gasteiger partial charge is 0.310 e. The van der Waals surface area contributed by atoms with Crippen LogP contribution in [0.25, 0.3) is 0 Å². The number of benzene rings is 1. The zero-order valence-corrected chi connectivity index (χ0v) is 13.9. The summed E-state index contributed by atoms with van der Waals surface area (Å²) in [5.74, 6) is 2.53. The van der Waals surface area contributed by atoms with E-state index in [0.717, 1.165) is 24.3 Å². The maximum atomic E-state index is 3.78. The molecule has 0 bridgehead atoms. The van der Waals surface area contributed by atoms with Crippen LogP contribution in [0.1, 0.15) is 62.8 Å². The standard InChI is InChI=1S/C19H31N/c1-6-20-19(17-10-14(3)9-15(4)11-17)18-12-13(2)7-8-16(18)5/h7-8,12,14-15,17,19-20H,6,9-11H2,1-5H3. The first-order chi connectivity index (χ1) is 9.51. The molecule has 1 fully saturated rings. The topological polar surface area (TPSA) is 12.0 Å². The second kappa shape index (κ2) is 6.76. The molecule has 3 atom stereocenters. The molecule has 0 spiro atoms. The Morgan fingerprint density at radius 1 is 1.10 bits per heavy atom. The van der Waals surface area contributed by atoms with Crippen LogP contribution in [0.4, 0.5) is 0 Å². The highest BCUT2D eigenvalue weighted by molar-refractivity contribution is 5.33. The van der Waals surface area contributed by atoms with Gasteiger partial charge in [-0.05, 0) is 68.5 Å². The highest BCUT2D eigenvalue weighted by Gasteiger charge is 2.31. The molecule has 1 aliphatic carbocycles. The molecule has 1 N–H and O–H groups in total. The van der Waals surface area contributed by atoms with Crippen molar-refractivity contribution in [1.29, 1.82) is 0 Å². The first-order valence-corrected chi connectivity index (χ1v) is 8.31. The Kier molecular flexibility index (Phi) is 5.26. The predicted molar refractivity (Wildman–Crippen MR) is 88.0 cm³/mol. The van der Waals surface area contributed by atoms with Gasteiger partial charge in [-0.3, -0.25) is 0 Å². The lowest BCUT2D eigenvalue weighted by molar-refractivity contribution is 0.177. The minimum absolute atomic E-state index is 0.533. The van der Waals surface area contributed by atoms with Crippen molar-refractivity contribution < 1.29 is 0 Å². The van der Waals surface area contributed by atoms with Gasteiger partial charge in [-0.1, -0.05) is 44.5 Å². The van der Waals surface area contributed by atoms with Gasteiger partial charge in [-0.15, -0.1) is 0 Å². The molecular weight excluding hydrogens is 242 g/mol. The minimum atomic E-state index is 0.533. The van der Waals surface area contributed by atoms with E-state index in [-0.39, 0.29) is 0 Å². The van der Waals surface area contributed by atoms with Crippen molar-refractivity contribution in [2.75, 3.05) is 6.54 Å². The van der Waals surface area contributed by atoms with Gasteiger partial charge in [0, 0.05) is 6.04 Å². The molecule has 0 aliphatic heterocycles. The van der Waals surface area contributed by atoms with Crippen LogP contribution in [-0.2, 0) is 0 Å². The fourth-order valence-electron chi connectivity index (χ4n) is 4.13. The summed E-state index contributed by atoms with van der Waals surface area (Å²) in [5.41, 5.74) is 4.34. The van der Waals surface area contributed by atoms with Crippen molar-refractivity contribution in [3.8, 4) is 0 Å². The molecular formula is C19H31N. The van der Waals surface area contributed by atoms with E-state index >= 15 is 0 Å². The molecule has 20 heavy (non-hydrogen) atoms. The van der Waals surface area contributed by atoms with Crippen molar-refractivity contribution in [1.82, 2.24) is 5.32 Å². The lowest BCUT2D eigenvalue weighted by Crippen LogP contribution is -2.33. The maximum Gasteiger partial charge on any atom is 0.0351 e. The molecule has 1 aromatic carbocycles. The van der Waals surface area contributed by atoms with Gasteiger partial charge in [0.25, 0.3) is 0 Å². The molecule has 1 nitrogen and oxygen atoms in total. The van der Waals surface area contributed by atoms with Gasteiger partial charge in [-0.25, -0.2) is 0 Å². The van der Waals surface area contributed by atoms with Crippen LogP contribution in [0.5, 0.6) is 0 Å².